The van der Waals surface area contributed by atoms with Gasteiger partial charge in [0, 0.05) is 12.4 Å². The van der Waals surface area contributed by atoms with Crippen molar-refractivity contribution in [2.45, 2.75) is 45.6 Å². The molecule has 1 aromatic carbocycles. The fourth-order valence-corrected chi connectivity index (χ4v) is 2.61. The van der Waals surface area contributed by atoms with Crippen LogP contribution in [0.2, 0.25) is 0 Å². The van der Waals surface area contributed by atoms with E-state index >= 15 is 0 Å². The van der Waals surface area contributed by atoms with E-state index < -0.39 is 0 Å². The summed E-state index contributed by atoms with van der Waals surface area (Å²) in [4.78, 5) is 4.20. The van der Waals surface area contributed by atoms with Crippen molar-refractivity contribution in [1.29, 1.82) is 0 Å². The van der Waals surface area contributed by atoms with Crippen LogP contribution in [0.5, 0.6) is 0 Å². The van der Waals surface area contributed by atoms with Crippen LogP contribution in [-0.2, 0) is 12.8 Å². The lowest BCUT2D eigenvalue weighted by Gasteiger charge is -2.19. The predicted octanol–water partition coefficient (Wildman–Crippen LogP) is 3.51. The lowest BCUT2D eigenvalue weighted by Crippen LogP contribution is -2.30. The van der Waals surface area contributed by atoms with E-state index in [1.165, 1.54) is 22.3 Å². The highest BCUT2D eigenvalue weighted by molar-refractivity contribution is 5.30. The van der Waals surface area contributed by atoms with Crippen molar-refractivity contribution in [3.63, 3.8) is 0 Å². The first-order valence-electron chi connectivity index (χ1n) is 7.63. The molecule has 3 nitrogen and oxygen atoms in total. The molecule has 2 rings (SSSR count). The van der Waals surface area contributed by atoms with Gasteiger partial charge in [0.2, 0.25) is 0 Å². The molecule has 0 spiro atoms. The number of nitrogens with zero attached hydrogens (tertiary/aromatic N) is 1. The first kappa shape index (κ1) is 15.7. The Morgan fingerprint density at radius 1 is 1.14 bits per heavy atom. The average Bonchev–Trinajstić information content (AvgIpc) is 2.53. The van der Waals surface area contributed by atoms with Gasteiger partial charge in [-0.1, -0.05) is 45.0 Å². The van der Waals surface area contributed by atoms with Crippen molar-refractivity contribution < 1.29 is 0 Å². The third-order valence-corrected chi connectivity index (χ3v) is 3.99. The standard InChI is InChI=1S/C18H25N3/c1-4-15-12-20-10-9-17(15)18(21-19)11-14-5-7-16(8-6-14)13(2)3/h5-10,12-13,18,21H,4,11,19H2,1-3H3. The fourth-order valence-electron chi connectivity index (χ4n) is 2.61. The molecular formula is C18H25N3. The zero-order chi connectivity index (χ0) is 15.2. The van der Waals surface area contributed by atoms with Crippen LogP contribution in [0.4, 0.5) is 0 Å². The van der Waals surface area contributed by atoms with Crippen LogP contribution < -0.4 is 11.3 Å². The van der Waals surface area contributed by atoms with Crippen molar-refractivity contribution in [3.8, 4) is 0 Å². The molecule has 0 saturated carbocycles. The third kappa shape index (κ3) is 3.90. The molecule has 3 N–H and O–H groups in total. The summed E-state index contributed by atoms with van der Waals surface area (Å²) in [6.45, 7) is 6.57. The Labute approximate surface area is 127 Å². The summed E-state index contributed by atoms with van der Waals surface area (Å²) in [6, 6.07) is 11.0. The molecule has 1 aromatic heterocycles. The van der Waals surface area contributed by atoms with Crippen LogP contribution in [0.3, 0.4) is 0 Å². The van der Waals surface area contributed by atoms with Gasteiger partial charge in [-0.05, 0) is 47.1 Å². The van der Waals surface area contributed by atoms with E-state index in [0.29, 0.717) is 5.92 Å². The zero-order valence-corrected chi connectivity index (χ0v) is 13.1. The Kier molecular flexibility index (Phi) is 5.48. The van der Waals surface area contributed by atoms with Gasteiger partial charge in [-0.2, -0.15) is 0 Å². The summed E-state index contributed by atoms with van der Waals surface area (Å²) < 4.78 is 0. The lowest BCUT2D eigenvalue weighted by molar-refractivity contribution is 0.547. The maximum absolute atomic E-state index is 5.78. The molecule has 0 aliphatic rings. The predicted molar refractivity (Wildman–Crippen MR) is 87.9 cm³/mol. The number of benzene rings is 1. The van der Waals surface area contributed by atoms with Gasteiger partial charge in [0.25, 0.3) is 0 Å². The van der Waals surface area contributed by atoms with Gasteiger partial charge >= 0.3 is 0 Å². The van der Waals surface area contributed by atoms with Crippen molar-refractivity contribution in [3.05, 3.63) is 65.0 Å². The largest absolute Gasteiger partial charge is 0.271 e. The van der Waals surface area contributed by atoms with E-state index in [9.17, 15) is 0 Å². The van der Waals surface area contributed by atoms with Gasteiger partial charge in [0.1, 0.15) is 0 Å². The second-order valence-electron chi connectivity index (χ2n) is 5.75. The quantitative estimate of drug-likeness (QED) is 0.630. The zero-order valence-electron chi connectivity index (χ0n) is 13.1. The van der Waals surface area contributed by atoms with E-state index in [4.69, 9.17) is 5.84 Å². The minimum absolute atomic E-state index is 0.118. The van der Waals surface area contributed by atoms with Crippen LogP contribution in [0, 0.1) is 0 Å². The molecule has 0 aliphatic carbocycles. The number of nitrogens with one attached hydrogen (secondary N) is 1. The van der Waals surface area contributed by atoms with Crippen molar-refractivity contribution in [2.24, 2.45) is 5.84 Å². The molecule has 21 heavy (non-hydrogen) atoms. The SMILES string of the molecule is CCc1cnccc1C(Cc1ccc(C(C)C)cc1)NN. The molecule has 0 radical (unpaired) electrons. The Balaban J connectivity index is 2.19. The number of hydrogen-bond donors (Lipinski definition) is 2. The fraction of sp³-hybridized carbons (Fsp3) is 0.389. The van der Waals surface area contributed by atoms with E-state index in [1.807, 2.05) is 12.4 Å². The number of aryl methyl sites for hydroxylation is 1. The van der Waals surface area contributed by atoms with Gasteiger partial charge < -0.3 is 0 Å². The second-order valence-corrected chi connectivity index (χ2v) is 5.75. The summed E-state index contributed by atoms with van der Waals surface area (Å²) >= 11 is 0. The minimum Gasteiger partial charge on any atom is -0.271 e. The number of pyridine rings is 1. The molecule has 1 heterocycles. The van der Waals surface area contributed by atoms with E-state index in [1.54, 1.807) is 0 Å². The molecule has 1 atom stereocenters. The molecule has 0 bridgehead atoms. The van der Waals surface area contributed by atoms with E-state index in [0.717, 1.165) is 12.8 Å². The molecular weight excluding hydrogens is 258 g/mol. The summed E-state index contributed by atoms with van der Waals surface area (Å²) in [5.74, 6) is 6.35. The molecule has 112 valence electrons. The number of nitrogens with two attached hydrogens (primary N) is 1. The third-order valence-electron chi connectivity index (χ3n) is 3.99. The molecule has 0 fully saturated rings. The Morgan fingerprint density at radius 3 is 2.43 bits per heavy atom. The first-order valence-corrected chi connectivity index (χ1v) is 7.63. The van der Waals surface area contributed by atoms with Crippen LogP contribution in [-0.4, -0.2) is 4.98 Å². The highest BCUT2D eigenvalue weighted by Crippen LogP contribution is 2.22. The normalized spacial score (nSPS) is 12.6. The molecule has 0 aliphatic heterocycles. The van der Waals surface area contributed by atoms with Gasteiger partial charge in [-0.25, -0.2) is 0 Å². The van der Waals surface area contributed by atoms with Crippen LogP contribution >= 0.6 is 0 Å². The van der Waals surface area contributed by atoms with Crippen LogP contribution in [0.1, 0.15) is 55.0 Å². The number of aromatic nitrogens is 1. The maximum atomic E-state index is 5.78. The molecule has 0 amide bonds. The number of hydrazine groups is 1. The highest BCUT2D eigenvalue weighted by atomic mass is 15.2. The molecule has 2 aromatic rings. The highest BCUT2D eigenvalue weighted by Gasteiger charge is 2.14. The first-order chi connectivity index (χ1) is 10.2. The van der Waals surface area contributed by atoms with Crippen molar-refractivity contribution >= 4 is 0 Å². The summed E-state index contributed by atoms with van der Waals surface area (Å²) in [5, 5.41) is 0. The average molecular weight is 283 g/mol. The molecule has 0 saturated heterocycles. The van der Waals surface area contributed by atoms with Gasteiger partial charge in [0.15, 0.2) is 0 Å². The van der Waals surface area contributed by atoms with Crippen molar-refractivity contribution in [1.82, 2.24) is 10.4 Å². The lowest BCUT2D eigenvalue weighted by atomic mass is 9.94. The van der Waals surface area contributed by atoms with E-state index in [-0.39, 0.29) is 6.04 Å². The van der Waals surface area contributed by atoms with Crippen LogP contribution in [0.15, 0.2) is 42.7 Å². The Bertz CT molecular complexity index is 561. The topological polar surface area (TPSA) is 50.9 Å². The Morgan fingerprint density at radius 2 is 1.86 bits per heavy atom. The van der Waals surface area contributed by atoms with E-state index in [2.05, 4.69) is 61.5 Å². The second kappa shape index (κ2) is 7.34. The maximum Gasteiger partial charge on any atom is 0.0504 e. The van der Waals surface area contributed by atoms with Crippen molar-refractivity contribution in [2.75, 3.05) is 0 Å². The Hall–Kier alpha value is -1.71. The number of rotatable bonds is 6. The van der Waals surface area contributed by atoms with Gasteiger partial charge in [-0.15, -0.1) is 0 Å². The van der Waals surface area contributed by atoms with Gasteiger partial charge in [-0.3, -0.25) is 16.3 Å². The monoisotopic (exact) mass is 283 g/mol. The smallest absolute Gasteiger partial charge is 0.0504 e. The summed E-state index contributed by atoms with van der Waals surface area (Å²) in [6.07, 6.45) is 5.61. The minimum atomic E-state index is 0.118. The van der Waals surface area contributed by atoms with Crippen LogP contribution in [0.25, 0.3) is 0 Å². The molecule has 3 heteroatoms. The molecule has 1 unspecified atom stereocenters. The number of hydrogen-bond acceptors (Lipinski definition) is 3. The van der Waals surface area contributed by atoms with Gasteiger partial charge in [0.05, 0.1) is 6.04 Å². The summed E-state index contributed by atoms with van der Waals surface area (Å²) in [5.41, 5.74) is 8.10. The summed E-state index contributed by atoms with van der Waals surface area (Å²) in [7, 11) is 0.